The molecule has 1 aromatic heterocycles. The van der Waals surface area contributed by atoms with Crippen molar-refractivity contribution in [3.05, 3.63) is 83.7 Å². The Balaban J connectivity index is 0.00000259. The molecule has 162 valence electrons. The molecule has 4 atom stereocenters. The van der Waals surface area contributed by atoms with Gasteiger partial charge in [-0.25, -0.2) is 13.8 Å². The Morgan fingerprint density at radius 3 is 2.62 bits per heavy atom. The van der Waals surface area contributed by atoms with Crippen molar-refractivity contribution in [2.24, 2.45) is 5.92 Å². The number of carbonyl (C=O) groups excluding carboxylic acids is 1. The van der Waals surface area contributed by atoms with Gasteiger partial charge < -0.3 is 10.1 Å². The molecule has 2 aliphatic heterocycles. The molecule has 0 spiro atoms. The second kappa shape index (κ2) is 8.13. The highest BCUT2D eigenvalue weighted by atomic mass is 19.1. The number of halogens is 2. The van der Waals surface area contributed by atoms with Gasteiger partial charge in [0.1, 0.15) is 23.4 Å². The van der Waals surface area contributed by atoms with E-state index >= 15 is 0 Å². The molecule has 1 N–H and O–H groups in total. The molecule has 3 heterocycles. The lowest BCUT2D eigenvalue weighted by Gasteiger charge is -2.27. The van der Waals surface area contributed by atoms with Gasteiger partial charge in [0.15, 0.2) is 0 Å². The first kappa shape index (κ1) is 20.3. The zero-order valence-corrected chi connectivity index (χ0v) is 17.0. The lowest BCUT2D eigenvalue weighted by Crippen LogP contribution is -2.36. The highest BCUT2D eigenvalue weighted by Gasteiger charge is 2.52. The van der Waals surface area contributed by atoms with Crippen LogP contribution in [-0.2, 0) is 9.53 Å². The quantitative estimate of drug-likeness (QED) is 0.625. The Bertz CT molecular complexity index is 1250. The Hall–Kier alpha value is -3.63. The van der Waals surface area contributed by atoms with Gasteiger partial charge in [-0.05, 0) is 54.8 Å². The Morgan fingerprint density at radius 2 is 1.84 bits per heavy atom. The maximum atomic E-state index is 14.7. The van der Waals surface area contributed by atoms with Crippen molar-refractivity contribution in [3.63, 3.8) is 0 Å². The maximum absolute atomic E-state index is 14.7. The molecule has 0 radical (unpaired) electrons. The van der Waals surface area contributed by atoms with Crippen LogP contribution in [0.25, 0.3) is 11.1 Å². The number of nitrogens with zero attached hydrogens (tertiary/aromatic N) is 2. The van der Waals surface area contributed by atoms with Crippen LogP contribution in [-0.4, -0.2) is 23.1 Å². The lowest BCUT2D eigenvalue weighted by atomic mass is 9.75. The van der Waals surface area contributed by atoms with Crippen molar-refractivity contribution in [3.8, 4) is 17.2 Å². The highest BCUT2D eigenvalue weighted by molar-refractivity contribution is 5.94. The van der Waals surface area contributed by atoms with E-state index in [0.29, 0.717) is 5.69 Å². The summed E-state index contributed by atoms with van der Waals surface area (Å²) < 4.78 is 34.8. The molecule has 0 unspecified atom stereocenters. The predicted octanol–water partition coefficient (Wildman–Crippen LogP) is 5.04. The summed E-state index contributed by atoms with van der Waals surface area (Å²) in [6.07, 6.45) is 2.84. The van der Waals surface area contributed by atoms with Gasteiger partial charge in [-0.2, -0.15) is 5.26 Å². The molecular formula is C25H21F2N3O2. The number of carbonyl (C=O) groups is 1. The zero-order chi connectivity index (χ0) is 22.2. The van der Waals surface area contributed by atoms with E-state index in [1.807, 2.05) is 6.07 Å². The lowest BCUT2D eigenvalue weighted by molar-refractivity contribution is -0.121. The first-order chi connectivity index (χ1) is 15.5. The highest BCUT2D eigenvalue weighted by Crippen LogP contribution is 2.49. The third kappa shape index (κ3) is 3.53. The van der Waals surface area contributed by atoms with Gasteiger partial charge in [0.2, 0.25) is 5.91 Å². The van der Waals surface area contributed by atoms with Crippen LogP contribution < -0.4 is 5.32 Å². The van der Waals surface area contributed by atoms with E-state index in [1.54, 1.807) is 36.5 Å². The summed E-state index contributed by atoms with van der Waals surface area (Å²) >= 11 is 0. The molecule has 7 heteroatoms. The fraction of sp³-hybridized carbons (Fsp3) is 0.240. The van der Waals surface area contributed by atoms with Crippen LogP contribution in [0.1, 0.15) is 31.4 Å². The second-order valence-electron chi connectivity index (χ2n) is 8.09. The van der Waals surface area contributed by atoms with Crippen molar-refractivity contribution in [2.45, 2.75) is 31.0 Å². The molecule has 5 nitrogen and oxygen atoms in total. The third-order valence-corrected chi connectivity index (χ3v) is 6.26. The van der Waals surface area contributed by atoms with Gasteiger partial charge in [-0.15, -0.1) is 0 Å². The van der Waals surface area contributed by atoms with E-state index < -0.39 is 17.6 Å². The Morgan fingerprint density at radius 1 is 1.06 bits per heavy atom. The van der Waals surface area contributed by atoms with Crippen LogP contribution in [0.2, 0.25) is 0 Å². The van der Waals surface area contributed by atoms with Crippen LogP contribution in [0.3, 0.4) is 0 Å². The SMILES string of the molecule is N#Cc1cc([C@H]2[C@@H](C(=O)Nc3ccc(-c4ccccc4F)c(F)c3)[C@H]3CC[C@@H]2O3)ccn1.[HH]. The number of aromatic nitrogens is 1. The van der Waals surface area contributed by atoms with Crippen molar-refractivity contribution in [1.82, 2.24) is 4.98 Å². The first-order valence-electron chi connectivity index (χ1n) is 10.4. The number of pyridine rings is 1. The third-order valence-electron chi connectivity index (χ3n) is 6.26. The van der Waals surface area contributed by atoms with Gasteiger partial charge in [-0.3, -0.25) is 4.79 Å². The van der Waals surface area contributed by atoms with Crippen LogP contribution in [0, 0.1) is 28.9 Å². The summed E-state index contributed by atoms with van der Waals surface area (Å²) in [4.78, 5) is 17.2. The molecule has 1 amide bonds. The van der Waals surface area contributed by atoms with Crippen LogP contribution in [0.4, 0.5) is 14.5 Å². The molecule has 2 fully saturated rings. The number of nitrogens with one attached hydrogen (secondary N) is 1. The van der Waals surface area contributed by atoms with Gasteiger partial charge >= 0.3 is 0 Å². The summed E-state index contributed by atoms with van der Waals surface area (Å²) in [6.45, 7) is 0. The molecule has 2 aliphatic rings. The summed E-state index contributed by atoms with van der Waals surface area (Å²) in [5.74, 6) is -2.07. The molecule has 3 aromatic rings. The van der Waals surface area contributed by atoms with Gasteiger partial charge in [0.05, 0.1) is 18.1 Å². The molecule has 2 saturated heterocycles. The average Bonchev–Trinajstić information content (AvgIpc) is 3.42. The summed E-state index contributed by atoms with van der Waals surface area (Å²) in [6, 6.07) is 15.7. The number of rotatable bonds is 4. The average molecular weight is 433 g/mol. The van der Waals surface area contributed by atoms with E-state index in [0.717, 1.165) is 18.4 Å². The van der Waals surface area contributed by atoms with Crippen molar-refractivity contribution >= 4 is 11.6 Å². The number of ether oxygens (including phenoxy) is 1. The number of fused-ring (bicyclic) bond motifs is 2. The number of amides is 1. The molecule has 0 aliphatic carbocycles. The second-order valence-corrected chi connectivity index (χ2v) is 8.09. The van der Waals surface area contributed by atoms with Crippen molar-refractivity contribution < 1.29 is 19.7 Å². The number of nitriles is 1. The standard InChI is InChI=1S/C25H19F2N3O2.H2/c26-19-4-2-1-3-17(19)18-6-5-15(12-20(18)27)30-25(31)24-22-8-7-21(32-22)23(24)14-9-10-29-16(11-14)13-28;/h1-6,9-12,21-24H,7-8H2,(H,30,31);1H/t21-,22+,23+,24-;/m0./s1. The molecular weight excluding hydrogens is 412 g/mol. The van der Waals surface area contributed by atoms with Crippen LogP contribution in [0.15, 0.2) is 60.8 Å². The van der Waals surface area contributed by atoms with E-state index in [-0.39, 0.29) is 42.3 Å². The zero-order valence-electron chi connectivity index (χ0n) is 17.0. The largest absolute Gasteiger partial charge is 0.373 e. The van der Waals surface area contributed by atoms with Gasteiger partial charge in [-0.1, -0.05) is 18.2 Å². The van der Waals surface area contributed by atoms with Crippen LogP contribution >= 0.6 is 0 Å². The minimum Gasteiger partial charge on any atom is -0.373 e. The van der Waals surface area contributed by atoms with E-state index in [9.17, 15) is 18.8 Å². The van der Waals surface area contributed by atoms with E-state index in [4.69, 9.17) is 4.74 Å². The normalized spacial score (nSPS) is 23.7. The monoisotopic (exact) mass is 433 g/mol. The number of benzene rings is 2. The number of anilines is 1. The summed E-state index contributed by atoms with van der Waals surface area (Å²) in [5.41, 5.74) is 1.71. The molecule has 0 saturated carbocycles. The minimum atomic E-state index is -0.624. The Labute approximate surface area is 185 Å². The minimum absolute atomic E-state index is 0. The van der Waals surface area contributed by atoms with Crippen molar-refractivity contribution in [1.29, 1.82) is 5.26 Å². The van der Waals surface area contributed by atoms with Gasteiger partial charge in [0.25, 0.3) is 0 Å². The fourth-order valence-electron chi connectivity index (χ4n) is 4.87. The van der Waals surface area contributed by atoms with Gasteiger partial charge in [0, 0.05) is 30.4 Å². The predicted molar refractivity (Wildman–Crippen MR) is 116 cm³/mol. The molecule has 32 heavy (non-hydrogen) atoms. The number of hydrogen-bond acceptors (Lipinski definition) is 4. The smallest absolute Gasteiger partial charge is 0.230 e. The summed E-state index contributed by atoms with van der Waals surface area (Å²) in [5, 5.41) is 12.0. The molecule has 2 aromatic carbocycles. The maximum Gasteiger partial charge on any atom is 0.230 e. The van der Waals surface area contributed by atoms with E-state index in [1.165, 1.54) is 24.3 Å². The summed E-state index contributed by atoms with van der Waals surface area (Å²) in [7, 11) is 0. The number of hydrogen-bond donors (Lipinski definition) is 1. The topological polar surface area (TPSA) is 75.0 Å². The van der Waals surface area contributed by atoms with Crippen LogP contribution in [0.5, 0.6) is 0 Å². The van der Waals surface area contributed by atoms with Crippen molar-refractivity contribution in [2.75, 3.05) is 5.32 Å². The fourth-order valence-corrected chi connectivity index (χ4v) is 4.87. The Kier molecular flexibility index (Phi) is 5.16. The molecule has 5 rings (SSSR count). The molecule has 2 bridgehead atoms. The van der Waals surface area contributed by atoms with E-state index in [2.05, 4.69) is 10.3 Å². The first-order valence-corrected chi connectivity index (χ1v) is 10.4.